The Labute approximate surface area is 145 Å². The van der Waals surface area contributed by atoms with Crippen molar-refractivity contribution in [1.82, 2.24) is 0 Å². The molecule has 1 atom stereocenters. The lowest BCUT2D eigenvalue weighted by Crippen LogP contribution is -2.03. The van der Waals surface area contributed by atoms with Crippen LogP contribution >= 0.6 is 0 Å². The average Bonchev–Trinajstić information content (AvgIpc) is 2.55. The molecule has 3 N–H and O–H groups in total. The fourth-order valence-electron chi connectivity index (χ4n) is 2.02. The van der Waals surface area contributed by atoms with E-state index in [2.05, 4.69) is 24.3 Å². The minimum atomic E-state index is -0.825. The highest BCUT2D eigenvalue weighted by Gasteiger charge is 2.01. The molecule has 0 bridgehead atoms. The van der Waals surface area contributed by atoms with Crippen LogP contribution < -0.4 is 0 Å². The maximum absolute atomic E-state index is 10.3. The zero-order chi connectivity index (χ0) is 17.9. The second-order valence-electron chi connectivity index (χ2n) is 5.65. The summed E-state index contributed by atoms with van der Waals surface area (Å²) < 4.78 is 0. The highest BCUT2D eigenvalue weighted by molar-refractivity contribution is 5.66. The Morgan fingerprint density at radius 2 is 1.58 bits per heavy atom. The van der Waals surface area contributed by atoms with Crippen molar-refractivity contribution in [2.24, 2.45) is 0 Å². The summed E-state index contributed by atoms with van der Waals surface area (Å²) in [5, 5.41) is 26.8. The van der Waals surface area contributed by atoms with Gasteiger partial charge in [-0.25, -0.2) is 0 Å². The smallest absolute Gasteiger partial charge is 0.303 e. The molecule has 0 amide bonds. The third kappa shape index (κ3) is 18.4. The standard InChI is InChI=1S/C20H32O4/c21-18-13-11-9-7-5-3-1-2-4-6-8-10-12-15-19(22)16-14-17-20(23)24/h2-5,8,10,12,15,19,21-22H,1,6-7,9,11,13-14,16-18H2,(H,23,24). The fourth-order valence-corrected chi connectivity index (χ4v) is 2.02. The van der Waals surface area contributed by atoms with Crippen molar-refractivity contribution in [3.8, 4) is 0 Å². The molecule has 136 valence electrons. The Kier molecular flexibility index (Phi) is 16.5. The number of carbonyl (C=O) groups is 1. The van der Waals surface area contributed by atoms with Gasteiger partial charge in [0.1, 0.15) is 0 Å². The van der Waals surface area contributed by atoms with Crippen LogP contribution in [0.5, 0.6) is 0 Å². The summed E-state index contributed by atoms with van der Waals surface area (Å²) in [6, 6.07) is 0. The molecular formula is C20H32O4. The molecule has 0 heterocycles. The van der Waals surface area contributed by atoms with Gasteiger partial charge >= 0.3 is 5.97 Å². The minimum absolute atomic E-state index is 0.0998. The first kappa shape index (κ1) is 22.4. The summed E-state index contributed by atoms with van der Waals surface area (Å²) in [7, 11) is 0. The first-order chi connectivity index (χ1) is 11.7. The number of unbranched alkanes of at least 4 members (excludes halogenated alkanes) is 3. The Morgan fingerprint density at radius 3 is 2.29 bits per heavy atom. The molecule has 4 heteroatoms. The van der Waals surface area contributed by atoms with Crippen molar-refractivity contribution in [2.45, 2.75) is 63.9 Å². The van der Waals surface area contributed by atoms with E-state index in [9.17, 15) is 9.90 Å². The van der Waals surface area contributed by atoms with Crippen molar-refractivity contribution in [2.75, 3.05) is 6.61 Å². The molecule has 4 nitrogen and oxygen atoms in total. The number of carboxylic acids is 1. The number of aliphatic hydroxyl groups excluding tert-OH is 2. The van der Waals surface area contributed by atoms with Crippen molar-refractivity contribution < 1.29 is 20.1 Å². The molecule has 24 heavy (non-hydrogen) atoms. The Balaban J connectivity index is 3.57. The molecular weight excluding hydrogens is 304 g/mol. The number of rotatable bonds is 15. The van der Waals surface area contributed by atoms with Gasteiger partial charge in [-0.2, -0.15) is 0 Å². The van der Waals surface area contributed by atoms with Gasteiger partial charge < -0.3 is 15.3 Å². The van der Waals surface area contributed by atoms with Crippen LogP contribution in [0.15, 0.2) is 48.6 Å². The highest BCUT2D eigenvalue weighted by Crippen LogP contribution is 2.03. The van der Waals surface area contributed by atoms with Crippen LogP contribution in [0.1, 0.15) is 57.8 Å². The quantitative estimate of drug-likeness (QED) is 0.238. The monoisotopic (exact) mass is 336 g/mol. The Hall–Kier alpha value is -1.65. The van der Waals surface area contributed by atoms with Gasteiger partial charge in [0.2, 0.25) is 0 Å². The second kappa shape index (κ2) is 17.7. The molecule has 0 saturated carbocycles. The van der Waals surface area contributed by atoms with E-state index in [0.29, 0.717) is 19.4 Å². The SMILES string of the molecule is O=C(O)CCCC(O)C=CC=CCC=CCC=CCCCCCO. The molecule has 0 aliphatic heterocycles. The van der Waals surface area contributed by atoms with Crippen molar-refractivity contribution >= 4 is 5.97 Å². The fraction of sp³-hybridized carbons (Fsp3) is 0.550. The summed E-state index contributed by atoms with van der Waals surface area (Å²) in [6.07, 6.45) is 22.4. The molecule has 0 aliphatic rings. The predicted octanol–water partition coefficient (Wildman–Crippen LogP) is 4.16. The molecule has 0 rings (SSSR count). The molecule has 0 aliphatic carbocycles. The van der Waals surface area contributed by atoms with Gasteiger partial charge in [-0.05, 0) is 44.9 Å². The Morgan fingerprint density at radius 1 is 0.875 bits per heavy atom. The summed E-state index contributed by atoms with van der Waals surface area (Å²) in [5.41, 5.74) is 0. The van der Waals surface area contributed by atoms with Crippen LogP contribution in [0.25, 0.3) is 0 Å². The highest BCUT2D eigenvalue weighted by atomic mass is 16.4. The van der Waals surface area contributed by atoms with Crippen LogP contribution in [0.2, 0.25) is 0 Å². The molecule has 0 saturated heterocycles. The van der Waals surface area contributed by atoms with E-state index in [4.69, 9.17) is 10.2 Å². The molecule has 1 unspecified atom stereocenters. The molecule has 0 fully saturated rings. The molecule has 0 aromatic rings. The normalized spacial score (nSPS) is 13.8. The molecule has 0 aromatic carbocycles. The average molecular weight is 336 g/mol. The third-order valence-corrected chi connectivity index (χ3v) is 3.38. The van der Waals surface area contributed by atoms with E-state index >= 15 is 0 Å². The summed E-state index contributed by atoms with van der Waals surface area (Å²) in [6.45, 7) is 0.291. The zero-order valence-corrected chi connectivity index (χ0v) is 14.5. The van der Waals surface area contributed by atoms with Crippen LogP contribution in [-0.2, 0) is 4.79 Å². The van der Waals surface area contributed by atoms with Gasteiger partial charge in [0.15, 0.2) is 0 Å². The number of hydrogen-bond donors (Lipinski definition) is 3. The van der Waals surface area contributed by atoms with E-state index in [1.807, 2.05) is 12.2 Å². The lowest BCUT2D eigenvalue weighted by atomic mass is 10.1. The molecule has 0 radical (unpaired) electrons. The van der Waals surface area contributed by atoms with Crippen LogP contribution in [0.3, 0.4) is 0 Å². The van der Waals surface area contributed by atoms with E-state index in [0.717, 1.165) is 38.5 Å². The van der Waals surface area contributed by atoms with Crippen molar-refractivity contribution in [3.05, 3.63) is 48.6 Å². The Bertz CT molecular complexity index is 408. The second-order valence-corrected chi connectivity index (χ2v) is 5.65. The van der Waals surface area contributed by atoms with Crippen LogP contribution in [0.4, 0.5) is 0 Å². The molecule has 0 aromatic heterocycles. The van der Waals surface area contributed by atoms with Crippen LogP contribution in [0, 0.1) is 0 Å². The summed E-state index contributed by atoms with van der Waals surface area (Å²) in [4.78, 5) is 10.3. The van der Waals surface area contributed by atoms with E-state index in [1.54, 1.807) is 12.2 Å². The zero-order valence-electron chi connectivity index (χ0n) is 14.5. The maximum atomic E-state index is 10.3. The molecule has 0 spiro atoms. The number of aliphatic carboxylic acids is 1. The van der Waals surface area contributed by atoms with Crippen LogP contribution in [-0.4, -0.2) is 34.0 Å². The van der Waals surface area contributed by atoms with Gasteiger partial charge in [-0.3, -0.25) is 4.79 Å². The lowest BCUT2D eigenvalue weighted by Gasteiger charge is -2.02. The number of allylic oxidation sites excluding steroid dienone is 7. The maximum Gasteiger partial charge on any atom is 0.303 e. The predicted molar refractivity (Wildman–Crippen MR) is 98.8 cm³/mol. The number of aliphatic hydroxyl groups is 2. The summed E-state index contributed by atoms with van der Waals surface area (Å²) >= 11 is 0. The van der Waals surface area contributed by atoms with Gasteiger partial charge in [0.05, 0.1) is 6.10 Å². The van der Waals surface area contributed by atoms with Gasteiger partial charge in [-0.1, -0.05) is 55.0 Å². The lowest BCUT2D eigenvalue weighted by molar-refractivity contribution is -0.137. The van der Waals surface area contributed by atoms with Crippen molar-refractivity contribution in [1.29, 1.82) is 0 Å². The van der Waals surface area contributed by atoms with Gasteiger partial charge in [0.25, 0.3) is 0 Å². The van der Waals surface area contributed by atoms with E-state index < -0.39 is 12.1 Å². The third-order valence-electron chi connectivity index (χ3n) is 3.38. The van der Waals surface area contributed by atoms with Crippen molar-refractivity contribution in [3.63, 3.8) is 0 Å². The summed E-state index contributed by atoms with van der Waals surface area (Å²) in [5.74, 6) is -0.825. The topological polar surface area (TPSA) is 77.8 Å². The number of hydrogen-bond acceptors (Lipinski definition) is 3. The minimum Gasteiger partial charge on any atom is -0.481 e. The first-order valence-electron chi connectivity index (χ1n) is 8.81. The first-order valence-corrected chi connectivity index (χ1v) is 8.81. The largest absolute Gasteiger partial charge is 0.481 e. The van der Waals surface area contributed by atoms with E-state index in [-0.39, 0.29) is 6.42 Å². The van der Waals surface area contributed by atoms with Gasteiger partial charge in [0, 0.05) is 13.0 Å². The van der Waals surface area contributed by atoms with Gasteiger partial charge in [-0.15, -0.1) is 0 Å². The van der Waals surface area contributed by atoms with E-state index in [1.165, 1.54) is 0 Å². The number of carboxylic acid groups (broad SMARTS) is 1.